The van der Waals surface area contributed by atoms with Crippen LogP contribution in [0.25, 0.3) is 0 Å². The molecular weight excluding hydrogens is 234 g/mol. The van der Waals surface area contributed by atoms with Gasteiger partial charge in [0.15, 0.2) is 0 Å². The molecule has 0 saturated heterocycles. The van der Waals surface area contributed by atoms with Crippen molar-refractivity contribution in [2.24, 2.45) is 5.41 Å². The molecule has 1 aromatic rings. The zero-order valence-electron chi connectivity index (χ0n) is 13.4. The average molecular weight is 265 g/mol. The van der Waals surface area contributed by atoms with E-state index in [-0.39, 0.29) is 11.0 Å². The van der Waals surface area contributed by atoms with Gasteiger partial charge in [-0.3, -0.25) is 0 Å². The largest absolute Gasteiger partial charge is 0.247 e. The highest BCUT2D eigenvalue weighted by Gasteiger charge is 2.41. The van der Waals surface area contributed by atoms with Crippen LogP contribution >= 0.6 is 0 Å². The van der Waals surface area contributed by atoms with Gasteiger partial charge in [-0.15, -0.1) is 0 Å². The molecule has 1 atom stereocenters. The van der Waals surface area contributed by atoms with Gasteiger partial charge in [-0.25, -0.2) is 9.67 Å². The fourth-order valence-electron chi connectivity index (χ4n) is 2.84. The molecule has 0 aromatic carbocycles. The first-order valence-corrected chi connectivity index (χ1v) is 7.83. The van der Waals surface area contributed by atoms with E-state index in [2.05, 4.69) is 49.4 Å². The highest BCUT2D eigenvalue weighted by atomic mass is 15.4. The van der Waals surface area contributed by atoms with Crippen LogP contribution in [0.15, 0.2) is 12.7 Å². The first kappa shape index (κ1) is 16.2. The maximum absolute atomic E-state index is 4.40. The maximum Gasteiger partial charge on any atom is 0.137 e. The molecule has 0 radical (unpaired) electrons. The summed E-state index contributed by atoms with van der Waals surface area (Å²) in [6.07, 6.45) is 12.5. The summed E-state index contributed by atoms with van der Waals surface area (Å²) >= 11 is 0. The van der Waals surface area contributed by atoms with Crippen LogP contribution in [0.5, 0.6) is 0 Å². The highest BCUT2D eigenvalue weighted by Crippen LogP contribution is 2.45. The Morgan fingerprint density at radius 3 is 2.11 bits per heavy atom. The van der Waals surface area contributed by atoms with Gasteiger partial charge < -0.3 is 0 Å². The van der Waals surface area contributed by atoms with Gasteiger partial charge in [0.05, 0.1) is 5.54 Å². The topological polar surface area (TPSA) is 30.7 Å². The zero-order valence-corrected chi connectivity index (χ0v) is 13.4. The Morgan fingerprint density at radius 1 is 0.947 bits per heavy atom. The molecule has 0 aliphatic carbocycles. The summed E-state index contributed by atoms with van der Waals surface area (Å²) in [4.78, 5) is 4.13. The van der Waals surface area contributed by atoms with Gasteiger partial charge in [0.2, 0.25) is 0 Å². The lowest BCUT2D eigenvalue weighted by molar-refractivity contribution is 0.0584. The van der Waals surface area contributed by atoms with Crippen LogP contribution in [-0.4, -0.2) is 14.8 Å². The first-order valence-electron chi connectivity index (χ1n) is 7.83. The van der Waals surface area contributed by atoms with Crippen molar-refractivity contribution in [1.29, 1.82) is 0 Å². The van der Waals surface area contributed by atoms with Crippen molar-refractivity contribution < 1.29 is 0 Å². The normalized spacial score (nSPS) is 15.4. The van der Waals surface area contributed by atoms with E-state index in [9.17, 15) is 0 Å². The zero-order chi connectivity index (χ0) is 14.4. The second kappa shape index (κ2) is 7.06. The van der Waals surface area contributed by atoms with Gasteiger partial charge in [-0.2, -0.15) is 5.10 Å². The Labute approximate surface area is 118 Å². The van der Waals surface area contributed by atoms with Crippen molar-refractivity contribution >= 4 is 0 Å². The number of nitrogens with zero attached hydrogens (tertiary/aromatic N) is 3. The van der Waals surface area contributed by atoms with E-state index in [4.69, 9.17) is 0 Å². The van der Waals surface area contributed by atoms with Crippen LogP contribution < -0.4 is 0 Å². The van der Waals surface area contributed by atoms with Gasteiger partial charge in [-0.05, 0) is 32.1 Å². The SMILES string of the molecule is CCCCCC(C)(CCCC)C(C)(C)n1cncn1. The Balaban J connectivity index is 2.87. The fourth-order valence-corrected chi connectivity index (χ4v) is 2.84. The predicted molar refractivity (Wildman–Crippen MR) is 81.1 cm³/mol. The molecule has 0 aliphatic rings. The molecule has 0 saturated carbocycles. The fraction of sp³-hybridized carbons (Fsp3) is 0.875. The van der Waals surface area contributed by atoms with E-state index in [1.807, 2.05) is 6.33 Å². The van der Waals surface area contributed by atoms with E-state index in [1.165, 1.54) is 44.9 Å². The molecule has 0 aliphatic heterocycles. The summed E-state index contributed by atoms with van der Waals surface area (Å²) in [5, 5.41) is 4.40. The molecule has 0 bridgehead atoms. The van der Waals surface area contributed by atoms with Crippen LogP contribution in [-0.2, 0) is 5.54 Å². The van der Waals surface area contributed by atoms with E-state index in [1.54, 1.807) is 6.33 Å². The van der Waals surface area contributed by atoms with E-state index in [0.29, 0.717) is 0 Å². The minimum absolute atomic E-state index is 0.0202. The molecule has 110 valence electrons. The number of rotatable bonds is 9. The van der Waals surface area contributed by atoms with E-state index in [0.717, 1.165) is 0 Å². The maximum atomic E-state index is 4.40. The molecule has 0 spiro atoms. The summed E-state index contributed by atoms with van der Waals surface area (Å²) < 4.78 is 2.05. The second-order valence-corrected chi connectivity index (χ2v) is 6.52. The number of hydrogen-bond acceptors (Lipinski definition) is 2. The summed E-state index contributed by atoms with van der Waals surface area (Å²) in [5.41, 5.74) is 0.304. The van der Waals surface area contributed by atoms with Gasteiger partial charge in [0.1, 0.15) is 12.7 Å². The first-order chi connectivity index (χ1) is 8.98. The standard InChI is InChI=1S/C16H31N3/c1-6-8-10-12-16(5,11-9-7-2)15(3,4)19-14-17-13-18-19/h13-14H,6-12H2,1-5H3. The molecule has 1 aromatic heterocycles. The van der Waals surface area contributed by atoms with Crippen LogP contribution in [0.4, 0.5) is 0 Å². The molecule has 0 fully saturated rings. The molecule has 1 rings (SSSR count). The minimum atomic E-state index is 0.0202. The minimum Gasteiger partial charge on any atom is -0.247 e. The Hall–Kier alpha value is -0.860. The number of unbranched alkanes of at least 4 members (excludes halogenated alkanes) is 3. The summed E-state index contributed by atoms with van der Waals surface area (Å²) in [6.45, 7) is 11.6. The van der Waals surface area contributed by atoms with E-state index < -0.39 is 0 Å². The monoisotopic (exact) mass is 265 g/mol. The third-order valence-corrected chi connectivity index (χ3v) is 4.88. The third-order valence-electron chi connectivity index (χ3n) is 4.88. The lowest BCUT2D eigenvalue weighted by Gasteiger charge is -2.45. The Bertz CT molecular complexity index is 343. The molecule has 3 heteroatoms. The van der Waals surface area contributed by atoms with Crippen molar-refractivity contribution in [2.75, 3.05) is 0 Å². The van der Waals surface area contributed by atoms with Crippen LogP contribution in [0.2, 0.25) is 0 Å². The highest BCUT2D eigenvalue weighted by molar-refractivity contribution is 4.93. The van der Waals surface area contributed by atoms with Gasteiger partial charge >= 0.3 is 0 Å². The van der Waals surface area contributed by atoms with Gasteiger partial charge in [-0.1, -0.05) is 52.9 Å². The average Bonchev–Trinajstić information content (AvgIpc) is 2.91. The van der Waals surface area contributed by atoms with Crippen LogP contribution in [0.3, 0.4) is 0 Å². The molecule has 19 heavy (non-hydrogen) atoms. The van der Waals surface area contributed by atoms with Crippen molar-refractivity contribution in [3.8, 4) is 0 Å². The summed E-state index contributed by atoms with van der Waals surface area (Å²) in [6, 6.07) is 0. The van der Waals surface area contributed by atoms with Crippen molar-refractivity contribution in [3.63, 3.8) is 0 Å². The molecule has 0 amide bonds. The van der Waals surface area contributed by atoms with E-state index >= 15 is 0 Å². The molecule has 0 N–H and O–H groups in total. The number of hydrogen-bond donors (Lipinski definition) is 0. The summed E-state index contributed by atoms with van der Waals surface area (Å²) in [5.74, 6) is 0. The quantitative estimate of drug-likeness (QED) is 0.601. The molecule has 1 heterocycles. The molecule has 3 nitrogen and oxygen atoms in total. The van der Waals surface area contributed by atoms with Crippen LogP contribution in [0.1, 0.15) is 79.6 Å². The predicted octanol–water partition coefficient (Wildman–Crippen LogP) is 4.79. The van der Waals surface area contributed by atoms with Gasteiger partial charge in [0, 0.05) is 0 Å². The molecular formula is C16H31N3. The Morgan fingerprint density at radius 2 is 1.58 bits per heavy atom. The second-order valence-electron chi connectivity index (χ2n) is 6.52. The summed E-state index contributed by atoms with van der Waals surface area (Å²) in [7, 11) is 0. The van der Waals surface area contributed by atoms with Gasteiger partial charge in [0.25, 0.3) is 0 Å². The van der Waals surface area contributed by atoms with Crippen molar-refractivity contribution in [3.05, 3.63) is 12.7 Å². The van der Waals surface area contributed by atoms with Crippen molar-refractivity contribution in [1.82, 2.24) is 14.8 Å². The Kier molecular flexibility index (Phi) is 6.02. The lowest BCUT2D eigenvalue weighted by Crippen LogP contribution is -2.44. The van der Waals surface area contributed by atoms with Crippen molar-refractivity contribution in [2.45, 2.75) is 85.1 Å². The van der Waals surface area contributed by atoms with Crippen LogP contribution in [0, 0.1) is 5.41 Å². The molecule has 1 unspecified atom stereocenters. The number of aromatic nitrogens is 3. The smallest absolute Gasteiger partial charge is 0.137 e. The lowest BCUT2D eigenvalue weighted by atomic mass is 9.66. The third kappa shape index (κ3) is 3.80.